The Balaban J connectivity index is 1.63. The van der Waals surface area contributed by atoms with Gasteiger partial charge in [-0.25, -0.2) is 9.36 Å². The Bertz CT molecular complexity index is 1570. The third kappa shape index (κ3) is 5.34. The third-order valence-corrected chi connectivity index (χ3v) is 6.13. The number of aromatic nitrogens is 2. The Hall–Kier alpha value is -4.73. The largest absolute Gasteiger partial charge is 0.497 e. The summed E-state index contributed by atoms with van der Waals surface area (Å²) in [6.07, 6.45) is 0.546. The summed E-state index contributed by atoms with van der Waals surface area (Å²) in [5.74, 6) is 1.68. The van der Waals surface area contributed by atoms with Crippen LogP contribution in [0, 0.1) is 0 Å². The van der Waals surface area contributed by atoms with E-state index in [2.05, 4.69) is 5.32 Å². The number of amides is 1. The number of hydrogen-bond acceptors (Lipinski definition) is 7. The van der Waals surface area contributed by atoms with Crippen molar-refractivity contribution in [2.45, 2.75) is 13.0 Å². The van der Waals surface area contributed by atoms with Crippen LogP contribution < -0.4 is 35.5 Å². The Labute approximate surface area is 218 Å². The summed E-state index contributed by atoms with van der Waals surface area (Å²) < 4.78 is 23.5. The first-order valence-corrected chi connectivity index (χ1v) is 11.9. The number of benzene rings is 3. The van der Waals surface area contributed by atoms with Gasteiger partial charge in [0.2, 0.25) is 5.91 Å². The van der Waals surface area contributed by atoms with E-state index in [1.54, 1.807) is 62.8 Å². The van der Waals surface area contributed by atoms with Crippen LogP contribution in [0.2, 0.25) is 0 Å². The summed E-state index contributed by atoms with van der Waals surface area (Å²) in [4.78, 5) is 39.9. The Morgan fingerprint density at radius 2 is 1.50 bits per heavy atom. The molecule has 10 heteroatoms. The maximum atomic E-state index is 13.6. The SMILES string of the molecule is COc1cc(OC)cc(-n2c(=O)c3ccccc3n(CC(=O)NCCc3ccc(OC)c(OC)c3)c2=O)c1. The van der Waals surface area contributed by atoms with Crippen LogP contribution >= 0.6 is 0 Å². The van der Waals surface area contributed by atoms with E-state index in [4.69, 9.17) is 18.9 Å². The molecule has 0 radical (unpaired) electrons. The summed E-state index contributed by atoms with van der Waals surface area (Å²) >= 11 is 0. The second kappa shape index (κ2) is 11.5. The van der Waals surface area contributed by atoms with Gasteiger partial charge in [0.05, 0.1) is 45.0 Å². The zero-order valence-electron chi connectivity index (χ0n) is 21.6. The zero-order valence-corrected chi connectivity index (χ0v) is 21.6. The van der Waals surface area contributed by atoms with Gasteiger partial charge in [-0.05, 0) is 36.2 Å². The molecule has 0 atom stereocenters. The van der Waals surface area contributed by atoms with Crippen molar-refractivity contribution < 1.29 is 23.7 Å². The van der Waals surface area contributed by atoms with Crippen molar-refractivity contribution in [3.63, 3.8) is 0 Å². The minimum absolute atomic E-state index is 0.268. The molecule has 0 spiro atoms. The van der Waals surface area contributed by atoms with Gasteiger partial charge < -0.3 is 24.3 Å². The van der Waals surface area contributed by atoms with Crippen LogP contribution in [0.15, 0.2) is 70.3 Å². The summed E-state index contributed by atoms with van der Waals surface area (Å²) in [7, 11) is 6.09. The fourth-order valence-corrected chi connectivity index (χ4v) is 4.20. The molecule has 198 valence electrons. The molecule has 0 fully saturated rings. The first-order valence-electron chi connectivity index (χ1n) is 11.9. The van der Waals surface area contributed by atoms with Crippen LogP contribution in [0.4, 0.5) is 0 Å². The van der Waals surface area contributed by atoms with Crippen molar-refractivity contribution in [3.05, 3.63) is 87.1 Å². The molecule has 0 bridgehead atoms. The van der Waals surface area contributed by atoms with E-state index in [-0.39, 0.29) is 18.1 Å². The van der Waals surface area contributed by atoms with Crippen LogP contribution in [-0.4, -0.2) is 50.0 Å². The molecule has 4 rings (SSSR count). The number of nitrogens with one attached hydrogen (secondary N) is 1. The molecule has 0 saturated heterocycles. The number of carbonyl (C=O) groups is 1. The molecular formula is C28H29N3O7. The third-order valence-electron chi connectivity index (χ3n) is 6.13. The molecule has 1 heterocycles. The normalized spacial score (nSPS) is 10.7. The first-order chi connectivity index (χ1) is 18.4. The van der Waals surface area contributed by atoms with E-state index >= 15 is 0 Å². The van der Waals surface area contributed by atoms with Crippen LogP contribution in [-0.2, 0) is 17.8 Å². The van der Waals surface area contributed by atoms with E-state index < -0.39 is 11.2 Å². The van der Waals surface area contributed by atoms with Crippen molar-refractivity contribution in [1.82, 2.24) is 14.5 Å². The molecule has 1 aromatic heterocycles. The topological polar surface area (TPSA) is 110 Å². The molecule has 38 heavy (non-hydrogen) atoms. The summed E-state index contributed by atoms with van der Waals surface area (Å²) in [6.45, 7) is 0.0698. The number of nitrogens with zero attached hydrogens (tertiary/aromatic N) is 2. The van der Waals surface area contributed by atoms with Gasteiger partial charge in [0.1, 0.15) is 18.0 Å². The summed E-state index contributed by atoms with van der Waals surface area (Å²) in [6, 6.07) is 17.0. The monoisotopic (exact) mass is 519 g/mol. The van der Waals surface area contributed by atoms with Crippen molar-refractivity contribution >= 4 is 16.8 Å². The van der Waals surface area contributed by atoms with E-state index in [9.17, 15) is 14.4 Å². The highest BCUT2D eigenvalue weighted by atomic mass is 16.5. The van der Waals surface area contributed by atoms with Crippen molar-refractivity contribution in [1.29, 1.82) is 0 Å². The van der Waals surface area contributed by atoms with Gasteiger partial charge in [-0.15, -0.1) is 0 Å². The Kier molecular flexibility index (Phi) is 8.00. The lowest BCUT2D eigenvalue weighted by Crippen LogP contribution is -2.42. The maximum Gasteiger partial charge on any atom is 0.336 e. The van der Waals surface area contributed by atoms with Gasteiger partial charge >= 0.3 is 5.69 Å². The minimum Gasteiger partial charge on any atom is -0.497 e. The second-order valence-corrected chi connectivity index (χ2v) is 8.39. The van der Waals surface area contributed by atoms with Crippen LogP contribution in [0.5, 0.6) is 23.0 Å². The van der Waals surface area contributed by atoms with Crippen molar-refractivity contribution in [2.75, 3.05) is 35.0 Å². The summed E-state index contributed by atoms with van der Waals surface area (Å²) in [5, 5.41) is 3.15. The molecule has 0 unspecified atom stereocenters. The zero-order chi connectivity index (χ0) is 27.2. The molecule has 0 aliphatic rings. The van der Waals surface area contributed by atoms with Crippen molar-refractivity contribution in [2.24, 2.45) is 0 Å². The number of methoxy groups -OCH3 is 4. The molecule has 1 amide bonds. The predicted molar refractivity (Wildman–Crippen MR) is 143 cm³/mol. The van der Waals surface area contributed by atoms with Crippen molar-refractivity contribution in [3.8, 4) is 28.7 Å². The van der Waals surface area contributed by atoms with Gasteiger partial charge in [-0.3, -0.25) is 14.2 Å². The number of carbonyl (C=O) groups excluding carboxylic acids is 1. The molecule has 4 aromatic rings. The number of fused-ring (bicyclic) bond motifs is 1. The number of ether oxygens (including phenoxy) is 4. The highest BCUT2D eigenvalue weighted by Gasteiger charge is 2.18. The van der Waals surface area contributed by atoms with E-state index in [0.717, 1.165) is 10.1 Å². The van der Waals surface area contributed by atoms with E-state index in [1.165, 1.54) is 18.8 Å². The number of hydrogen-bond donors (Lipinski definition) is 1. The second-order valence-electron chi connectivity index (χ2n) is 8.39. The van der Waals surface area contributed by atoms with E-state index in [1.807, 2.05) is 12.1 Å². The van der Waals surface area contributed by atoms with Gasteiger partial charge in [0, 0.05) is 24.7 Å². The molecule has 0 aliphatic heterocycles. The quantitative estimate of drug-likeness (QED) is 0.343. The fourth-order valence-electron chi connectivity index (χ4n) is 4.20. The molecule has 0 saturated carbocycles. The maximum absolute atomic E-state index is 13.6. The standard InChI is InChI=1S/C28H29N3O7/c1-35-20-14-19(15-21(16-20)36-2)31-27(33)22-7-5-6-8-23(22)30(28(31)34)17-26(32)29-12-11-18-9-10-24(37-3)25(13-18)38-4/h5-10,13-16H,11-12,17H2,1-4H3,(H,29,32). The van der Waals surface area contributed by atoms with Gasteiger partial charge in [0.25, 0.3) is 5.56 Å². The molecule has 10 nitrogen and oxygen atoms in total. The minimum atomic E-state index is -0.654. The highest BCUT2D eigenvalue weighted by Crippen LogP contribution is 2.27. The molecule has 3 aromatic carbocycles. The predicted octanol–water partition coefficient (Wildman–Crippen LogP) is 2.55. The molecule has 1 N–H and O–H groups in total. The number of rotatable bonds is 10. The first kappa shape index (κ1) is 26.3. The Morgan fingerprint density at radius 3 is 2.16 bits per heavy atom. The van der Waals surface area contributed by atoms with Crippen LogP contribution in [0.1, 0.15) is 5.56 Å². The molecular weight excluding hydrogens is 490 g/mol. The number of para-hydroxylation sites is 1. The van der Waals surface area contributed by atoms with Crippen LogP contribution in [0.3, 0.4) is 0 Å². The van der Waals surface area contributed by atoms with Gasteiger partial charge in [0.15, 0.2) is 11.5 Å². The van der Waals surface area contributed by atoms with E-state index in [0.29, 0.717) is 46.9 Å². The fraction of sp³-hybridized carbons (Fsp3) is 0.250. The van der Waals surface area contributed by atoms with Gasteiger partial charge in [-0.2, -0.15) is 0 Å². The Morgan fingerprint density at radius 1 is 0.816 bits per heavy atom. The molecule has 0 aliphatic carbocycles. The highest BCUT2D eigenvalue weighted by molar-refractivity contribution is 5.82. The lowest BCUT2D eigenvalue weighted by atomic mass is 10.1. The van der Waals surface area contributed by atoms with Crippen LogP contribution in [0.25, 0.3) is 16.6 Å². The average molecular weight is 520 g/mol. The summed E-state index contributed by atoms with van der Waals surface area (Å²) in [5.41, 5.74) is 0.421. The lowest BCUT2D eigenvalue weighted by Gasteiger charge is -2.15. The van der Waals surface area contributed by atoms with Gasteiger partial charge in [-0.1, -0.05) is 18.2 Å². The smallest absolute Gasteiger partial charge is 0.336 e. The average Bonchev–Trinajstić information content (AvgIpc) is 2.95. The lowest BCUT2D eigenvalue weighted by molar-refractivity contribution is -0.121.